The first kappa shape index (κ1) is 12.8. The minimum absolute atomic E-state index is 0.789. The van der Waals surface area contributed by atoms with Gasteiger partial charge in [0.1, 0.15) is 0 Å². The molecule has 0 aliphatic heterocycles. The van der Waals surface area contributed by atoms with Crippen LogP contribution in [0.2, 0.25) is 0 Å². The van der Waals surface area contributed by atoms with Crippen LogP contribution < -0.4 is 5.32 Å². The molecule has 0 aromatic carbocycles. The van der Waals surface area contributed by atoms with E-state index in [9.17, 15) is 0 Å². The molecule has 16 heavy (non-hydrogen) atoms. The summed E-state index contributed by atoms with van der Waals surface area (Å²) in [5.74, 6) is 0. The minimum Gasteiger partial charge on any atom is -0.310 e. The van der Waals surface area contributed by atoms with Crippen molar-refractivity contribution in [1.82, 2.24) is 5.32 Å². The van der Waals surface area contributed by atoms with Crippen molar-refractivity contribution in [2.45, 2.75) is 32.2 Å². The summed E-state index contributed by atoms with van der Waals surface area (Å²) in [5, 5.41) is 3.56. The van der Waals surface area contributed by atoms with Crippen molar-refractivity contribution in [3.05, 3.63) is 24.8 Å². The Balaban J connectivity index is 2.00. The molecule has 1 aromatic rings. The molecule has 0 spiro atoms. The van der Waals surface area contributed by atoms with Gasteiger partial charge in [-0.3, -0.25) is 0 Å². The first-order valence-electron chi connectivity index (χ1n) is 5.56. The van der Waals surface area contributed by atoms with Gasteiger partial charge in [0, 0.05) is 21.9 Å². The summed E-state index contributed by atoms with van der Waals surface area (Å²) in [6.45, 7) is 3.26. The van der Waals surface area contributed by atoms with Gasteiger partial charge in [-0.25, -0.2) is 0 Å². The highest BCUT2D eigenvalue weighted by molar-refractivity contribution is 9.13. The Morgan fingerprint density at radius 3 is 2.81 bits per heavy atom. The Bertz CT molecular complexity index is 374. The van der Waals surface area contributed by atoms with Gasteiger partial charge in [0.2, 0.25) is 0 Å². The summed E-state index contributed by atoms with van der Waals surface area (Å²) in [7, 11) is 0. The van der Waals surface area contributed by atoms with Gasteiger partial charge in [-0.2, -0.15) is 0 Å². The number of hydrogen-bond donors (Lipinski definition) is 1. The molecular weight excluding hydrogens is 350 g/mol. The van der Waals surface area contributed by atoms with E-state index in [-0.39, 0.29) is 0 Å². The molecule has 0 amide bonds. The van der Waals surface area contributed by atoms with Crippen LogP contribution in [0.5, 0.6) is 0 Å². The molecule has 4 heteroatoms. The van der Waals surface area contributed by atoms with Crippen molar-refractivity contribution in [2.75, 3.05) is 6.54 Å². The van der Waals surface area contributed by atoms with E-state index in [1.54, 1.807) is 11.3 Å². The molecule has 0 unspecified atom stereocenters. The summed E-state index contributed by atoms with van der Waals surface area (Å²) >= 11 is 8.82. The lowest BCUT2D eigenvalue weighted by Gasteiger charge is -2.05. The van der Waals surface area contributed by atoms with E-state index in [1.807, 2.05) is 0 Å². The third-order valence-corrected chi connectivity index (χ3v) is 5.86. The zero-order chi connectivity index (χ0) is 11.5. The van der Waals surface area contributed by atoms with Crippen LogP contribution in [0.4, 0.5) is 0 Å². The predicted octanol–water partition coefficient (Wildman–Crippen LogP) is 4.82. The van der Waals surface area contributed by atoms with Gasteiger partial charge in [-0.15, -0.1) is 11.3 Å². The molecule has 1 aliphatic carbocycles. The molecule has 1 heterocycles. The topological polar surface area (TPSA) is 12.0 Å². The van der Waals surface area contributed by atoms with Crippen molar-refractivity contribution in [3.8, 4) is 0 Å². The third-order valence-electron chi connectivity index (χ3n) is 2.66. The summed E-state index contributed by atoms with van der Waals surface area (Å²) in [6.07, 6.45) is 6.13. The summed E-state index contributed by atoms with van der Waals surface area (Å²) in [4.78, 5) is 1.31. The summed E-state index contributed by atoms with van der Waals surface area (Å²) in [6, 6.07) is 2.96. The summed E-state index contributed by atoms with van der Waals surface area (Å²) in [5.41, 5.74) is 1.48. The molecule has 1 N–H and O–H groups in total. The molecule has 1 aromatic heterocycles. The van der Waals surface area contributed by atoms with Gasteiger partial charge in [-0.1, -0.05) is 12.5 Å². The van der Waals surface area contributed by atoms with E-state index in [0.717, 1.165) is 23.5 Å². The lowest BCUT2D eigenvalue weighted by Crippen LogP contribution is -2.18. The highest BCUT2D eigenvalue weighted by atomic mass is 79.9. The average Bonchev–Trinajstić information content (AvgIpc) is 3.02. The fourth-order valence-corrected chi connectivity index (χ4v) is 3.56. The standard InChI is InChI=1S/C12H15Br2NS/c1-2-8(7-15-9-3-4-9)5-10-6-11(13)12(14)16-10/h5-6,9,15H,2-4,7H2,1H3. The maximum absolute atomic E-state index is 3.56. The second-order valence-electron chi connectivity index (χ2n) is 4.08. The lowest BCUT2D eigenvalue weighted by atomic mass is 10.2. The molecular formula is C12H15Br2NS. The Morgan fingerprint density at radius 1 is 1.56 bits per heavy atom. The smallest absolute Gasteiger partial charge is 0.0846 e. The maximum Gasteiger partial charge on any atom is 0.0846 e. The van der Waals surface area contributed by atoms with Gasteiger partial charge < -0.3 is 5.32 Å². The van der Waals surface area contributed by atoms with Gasteiger partial charge in [0.15, 0.2) is 0 Å². The van der Waals surface area contributed by atoms with Crippen molar-refractivity contribution in [3.63, 3.8) is 0 Å². The number of nitrogens with one attached hydrogen (secondary N) is 1. The Hall–Kier alpha value is 0.360. The molecule has 0 atom stereocenters. The molecule has 2 rings (SSSR count). The van der Waals surface area contributed by atoms with Crippen LogP contribution in [0.15, 0.2) is 19.9 Å². The SMILES string of the molecule is CCC(=Cc1cc(Br)c(Br)s1)CNC1CC1. The number of thiophene rings is 1. The van der Waals surface area contributed by atoms with Gasteiger partial charge in [0.25, 0.3) is 0 Å². The van der Waals surface area contributed by atoms with Crippen molar-refractivity contribution in [1.29, 1.82) is 0 Å². The van der Waals surface area contributed by atoms with Crippen molar-refractivity contribution in [2.24, 2.45) is 0 Å². The zero-order valence-electron chi connectivity index (χ0n) is 9.22. The molecule has 1 aliphatic rings. The van der Waals surface area contributed by atoms with E-state index in [2.05, 4.69) is 56.2 Å². The maximum atomic E-state index is 3.56. The normalized spacial score (nSPS) is 16.8. The predicted molar refractivity (Wildman–Crippen MR) is 79.0 cm³/mol. The first-order chi connectivity index (χ1) is 7.69. The van der Waals surface area contributed by atoms with Crippen LogP contribution in [-0.2, 0) is 0 Å². The van der Waals surface area contributed by atoms with Crippen LogP contribution in [0, 0.1) is 0 Å². The van der Waals surface area contributed by atoms with Crippen molar-refractivity contribution < 1.29 is 0 Å². The molecule has 1 saturated carbocycles. The Morgan fingerprint density at radius 2 is 2.31 bits per heavy atom. The van der Waals surface area contributed by atoms with E-state index in [4.69, 9.17) is 0 Å². The average molecular weight is 365 g/mol. The van der Waals surface area contributed by atoms with Gasteiger partial charge >= 0.3 is 0 Å². The molecule has 0 saturated heterocycles. The highest BCUT2D eigenvalue weighted by Gasteiger charge is 2.20. The fraction of sp³-hybridized carbons (Fsp3) is 0.500. The Labute approximate surface area is 118 Å². The number of rotatable bonds is 5. The third kappa shape index (κ3) is 3.69. The van der Waals surface area contributed by atoms with E-state index < -0.39 is 0 Å². The van der Waals surface area contributed by atoms with Crippen molar-refractivity contribution >= 4 is 49.3 Å². The lowest BCUT2D eigenvalue weighted by molar-refractivity contribution is 0.723. The number of hydrogen-bond acceptors (Lipinski definition) is 2. The van der Waals surface area contributed by atoms with E-state index >= 15 is 0 Å². The Kier molecular flexibility index (Phi) is 4.65. The highest BCUT2D eigenvalue weighted by Crippen LogP contribution is 2.33. The first-order valence-corrected chi connectivity index (χ1v) is 7.97. The molecule has 0 bridgehead atoms. The van der Waals surface area contributed by atoms with E-state index in [1.165, 1.54) is 27.1 Å². The monoisotopic (exact) mass is 363 g/mol. The fourth-order valence-electron chi connectivity index (χ4n) is 1.48. The number of halogens is 2. The van der Waals surface area contributed by atoms with Crippen LogP contribution >= 0.6 is 43.2 Å². The molecule has 88 valence electrons. The van der Waals surface area contributed by atoms with E-state index in [0.29, 0.717) is 0 Å². The molecule has 1 fully saturated rings. The van der Waals surface area contributed by atoms with Crippen LogP contribution in [0.3, 0.4) is 0 Å². The minimum atomic E-state index is 0.789. The largest absolute Gasteiger partial charge is 0.310 e. The summed E-state index contributed by atoms with van der Waals surface area (Å²) < 4.78 is 2.32. The quantitative estimate of drug-likeness (QED) is 0.789. The van der Waals surface area contributed by atoms with Crippen LogP contribution in [-0.4, -0.2) is 12.6 Å². The second kappa shape index (κ2) is 5.80. The van der Waals surface area contributed by atoms with Crippen LogP contribution in [0.1, 0.15) is 31.1 Å². The van der Waals surface area contributed by atoms with Gasteiger partial charge in [0.05, 0.1) is 3.79 Å². The molecule has 1 nitrogen and oxygen atoms in total. The van der Waals surface area contributed by atoms with Crippen LogP contribution in [0.25, 0.3) is 6.08 Å². The molecule has 0 radical (unpaired) electrons. The zero-order valence-corrected chi connectivity index (χ0v) is 13.2. The second-order valence-corrected chi connectivity index (χ2v) is 7.34. The van der Waals surface area contributed by atoms with Gasteiger partial charge in [-0.05, 0) is 63.3 Å².